The zero-order chi connectivity index (χ0) is 12.0. The van der Waals surface area contributed by atoms with Crippen molar-refractivity contribution in [3.8, 4) is 0 Å². The van der Waals surface area contributed by atoms with Gasteiger partial charge in [0.2, 0.25) is 11.8 Å². The highest BCUT2D eigenvalue weighted by atomic mass is 16.5. The van der Waals surface area contributed by atoms with Crippen LogP contribution in [0.15, 0.2) is 0 Å². The molecule has 0 unspecified atom stereocenters. The minimum Gasteiger partial charge on any atom is -0.378 e. The van der Waals surface area contributed by atoms with Gasteiger partial charge in [0, 0.05) is 19.6 Å². The molecule has 92 valence electrons. The quantitative estimate of drug-likeness (QED) is 0.689. The lowest BCUT2D eigenvalue weighted by Crippen LogP contribution is -2.43. The van der Waals surface area contributed by atoms with E-state index >= 15 is 0 Å². The third kappa shape index (κ3) is 4.61. The molecule has 0 aliphatic carbocycles. The standard InChI is InChI=1S/C11H20N2O3/c1-9(2)8-12-10(14)7-11(15)13-3-5-16-6-4-13/h9H,3-8H2,1-2H3,(H,12,14). The number of morpholine rings is 1. The van der Waals surface area contributed by atoms with E-state index in [4.69, 9.17) is 4.74 Å². The molecule has 0 aromatic carbocycles. The molecule has 0 aromatic rings. The topological polar surface area (TPSA) is 58.6 Å². The first kappa shape index (κ1) is 13.0. The van der Waals surface area contributed by atoms with Crippen LogP contribution < -0.4 is 5.32 Å². The molecule has 0 spiro atoms. The van der Waals surface area contributed by atoms with Crippen LogP contribution >= 0.6 is 0 Å². The van der Waals surface area contributed by atoms with Crippen molar-refractivity contribution in [2.24, 2.45) is 5.92 Å². The second kappa shape index (κ2) is 6.48. The van der Waals surface area contributed by atoms with Gasteiger partial charge in [0.25, 0.3) is 0 Å². The van der Waals surface area contributed by atoms with Crippen LogP contribution in [0.3, 0.4) is 0 Å². The summed E-state index contributed by atoms with van der Waals surface area (Å²) in [5, 5.41) is 2.73. The third-order valence-electron chi connectivity index (χ3n) is 2.38. The normalized spacial score (nSPS) is 16.3. The molecule has 1 saturated heterocycles. The van der Waals surface area contributed by atoms with Gasteiger partial charge in [-0.25, -0.2) is 0 Å². The van der Waals surface area contributed by atoms with Gasteiger partial charge in [-0.05, 0) is 5.92 Å². The number of hydrogen-bond acceptors (Lipinski definition) is 3. The van der Waals surface area contributed by atoms with E-state index in [2.05, 4.69) is 5.32 Å². The molecule has 5 nitrogen and oxygen atoms in total. The Bertz CT molecular complexity index is 248. The van der Waals surface area contributed by atoms with Crippen LogP contribution in [0.1, 0.15) is 20.3 Å². The molecule has 1 rings (SSSR count). The SMILES string of the molecule is CC(C)CNC(=O)CC(=O)N1CCOCC1. The number of amides is 2. The Labute approximate surface area is 96.1 Å². The second-order valence-electron chi connectivity index (χ2n) is 4.37. The molecule has 1 aliphatic rings. The van der Waals surface area contributed by atoms with Crippen LogP contribution in [0.5, 0.6) is 0 Å². The maximum atomic E-state index is 11.7. The molecule has 0 aromatic heterocycles. The van der Waals surface area contributed by atoms with Gasteiger partial charge >= 0.3 is 0 Å². The van der Waals surface area contributed by atoms with Crippen LogP contribution in [-0.4, -0.2) is 49.6 Å². The van der Waals surface area contributed by atoms with Gasteiger partial charge in [-0.15, -0.1) is 0 Å². The number of ether oxygens (including phenoxy) is 1. The van der Waals surface area contributed by atoms with E-state index in [1.807, 2.05) is 13.8 Å². The van der Waals surface area contributed by atoms with Crippen LogP contribution in [0.4, 0.5) is 0 Å². The third-order valence-corrected chi connectivity index (χ3v) is 2.38. The predicted molar refractivity (Wildman–Crippen MR) is 59.9 cm³/mol. The summed E-state index contributed by atoms with van der Waals surface area (Å²) in [5.74, 6) is 0.109. The highest BCUT2D eigenvalue weighted by Gasteiger charge is 2.19. The Morgan fingerprint density at radius 1 is 1.31 bits per heavy atom. The summed E-state index contributed by atoms with van der Waals surface area (Å²) >= 11 is 0. The largest absolute Gasteiger partial charge is 0.378 e. The van der Waals surface area contributed by atoms with E-state index in [1.165, 1.54) is 0 Å². The van der Waals surface area contributed by atoms with Crippen molar-refractivity contribution in [1.29, 1.82) is 0 Å². The fraction of sp³-hybridized carbons (Fsp3) is 0.818. The molecule has 1 heterocycles. The molecule has 2 amide bonds. The fourth-order valence-electron chi connectivity index (χ4n) is 1.44. The van der Waals surface area contributed by atoms with Crippen molar-refractivity contribution < 1.29 is 14.3 Å². The van der Waals surface area contributed by atoms with Gasteiger partial charge in [0.1, 0.15) is 6.42 Å². The molecular formula is C11H20N2O3. The van der Waals surface area contributed by atoms with Crippen molar-refractivity contribution in [2.45, 2.75) is 20.3 Å². The van der Waals surface area contributed by atoms with Crippen molar-refractivity contribution in [2.75, 3.05) is 32.8 Å². The van der Waals surface area contributed by atoms with Crippen LogP contribution in [0.25, 0.3) is 0 Å². The molecule has 5 heteroatoms. The molecule has 16 heavy (non-hydrogen) atoms. The first-order valence-electron chi connectivity index (χ1n) is 5.72. The van der Waals surface area contributed by atoms with Crippen molar-refractivity contribution in [1.82, 2.24) is 10.2 Å². The number of rotatable bonds is 4. The lowest BCUT2D eigenvalue weighted by atomic mass is 10.2. The van der Waals surface area contributed by atoms with Crippen molar-refractivity contribution >= 4 is 11.8 Å². The zero-order valence-electron chi connectivity index (χ0n) is 9.99. The lowest BCUT2D eigenvalue weighted by molar-refractivity contribution is -0.139. The minimum absolute atomic E-state index is 0.0489. The van der Waals surface area contributed by atoms with Crippen LogP contribution in [0.2, 0.25) is 0 Å². The molecule has 1 fully saturated rings. The number of nitrogens with one attached hydrogen (secondary N) is 1. The van der Waals surface area contributed by atoms with Gasteiger partial charge in [-0.3, -0.25) is 9.59 Å². The van der Waals surface area contributed by atoms with Crippen molar-refractivity contribution in [3.05, 3.63) is 0 Å². The number of nitrogens with zero attached hydrogens (tertiary/aromatic N) is 1. The number of carbonyl (C=O) groups excluding carboxylic acids is 2. The molecular weight excluding hydrogens is 208 g/mol. The van der Waals surface area contributed by atoms with Gasteiger partial charge in [0.15, 0.2) is 0 Å². The minimum atomic E-state index is -0.190. The highest BCUT2D eigenvalue weighted by Crippen LogP contribution is 2.00. The molecule has 0 bridgehead atoms. The smallest absolute Gasteiger partial charge is 0.232 e. The van der Waals surface area contributed by atoms with Crippen LogP contribution in [-0.2, 0) is 14.3 Å². The second-order valence-corrected chi connectivity index (χ2v) is 4.37. The summed E-state index contributed by atoms with van der Waals surface area (Å²) in [6, 6.07) is 0. The molecule has 0 saturated carbocycles. The number of hydrogen-bond donors (Lipinski definition) is 1. The van der Waals surface area contributed by atoms with Gasteiger partial charge < -0.3 is 15.0 Å². The number of carbonyl (C=O) groups is 2. The summed E-state index contributed by atoms with van der Waals surface area (Å²) < 4.78 is 5.14. The Morgan fingerprint density at radius 2 is 1.94 bits per heavy atom. The maximum Gasteiger partial charge on any atom is 0.232 e. The summed E-state index contributed by atoms with van der Waals surface area (Å²) in [6.07, 6.45) is -0.0489. The van der Waals surface area contributed by atoms with Crippen LogP contribution in [0, 0.1) is 5.92 Å². The molecule has 1 aliphatic heterocycles. The predicted octanol–water partition coefficient (Wildman–Crippen LogP) is 0.00750. The molecule has 1 N–H and O–H groups in total. The Kier molecular flexibility index (Phi) is 5.25. The summed E-state index contributed by atoms with van der Waals surface area (Å²) in [5.41, 5.74) is 0. The first-order chi connectivity index (χ1) is 7.59. The van der Waals surface area contributed by atoms with E-state index < -0.39 is 0 Å². The average molecular weight is 228 g/mol. The summed E-state index contributed by atoms with van der Waals surface area (Å²) in [4.78, 5) is 24.8. The average Bonchev–Trinajstić information content (AvgIpc) is 2.27. The van der Waals surface area contributed by atoms with Gasteiger partial charge in [-0.1, -0.05) is 13.8 Å². The monoisotopic (exact) mass is 228 g/mol. The van der Waals surface area contributed by atoms with Gasteiger partial charge in [0.05, 0.1) is 13.2 Å². The Morgan fingerprint density at radius 3 is 2.50 bits per heavy atom. The molecule has 0 atom stereocenters. The zero-order valence-corrected chi connectivity index (χ0v) is 9.99. The Balaban J connectivity index is 2.24. The van der Waals surface area contributed by atoms with E-state index in [9.17, 15) is 9.59 Å². The Hall–Kier alpha value is -1.10. The van der Waals surface area contributed by atoms with Crippen molar-refractivity contribution in [3.63, 3.8) is 0 Å². The first-order valence-corrected chi connectivity index (χ1v) is 5.72. The van der Waals surface area contributed by atoms with E-state index in [0.29, 0.717) is 38.8 Å². The highest BCUT2D eigenvalue weighted by molar-refractivity contribution is 5.96. The van der Waals surface area contributed by atoms with Gasteiger partial charge in [-0.2, -0.15) is 0 Å². The van der Waals surface area contributed by atoms with E-state index in [1.54, 1.807) is 4.90 Å². The molecule has 0 radical (unpaired) electrons. The fourth-order valence-corrected chi connectivity index (χ4v) is 1.44. The summed E-state index contributed by atoms with van der Waals surface area (Å²) in [6.45, 7) is 6.98. The van der Waals surface area contributed by atoms with E-state index in [0.717, 1.165) is 0 Å². The maximum absolute atomic E-state index is 11.7. The summed E-state index contributed by atoms with van der Waals surface area (Å²) in [7, 11) is 0. The van der Waals surface area contributed by atoms with E-state index in [-0.39, 0.29) is 18.2 Å². The lowest BCUT2D eigenvalue weighted by Gasteiger charge is -2.26.